The van der Waals surface area contributed by atoms with E-state index in [0.717, 1.165) is 34.0 Å². The summed E-state index contributed by atoms with van der Waals surface area (Å²) < 4.78 is 0. The minimum absolute atomic E-state index is 0.252. The summed E-state index contributed by atoms with van der Waals surface area (Å²) in [6, 6.07) is 5.89. The van der Waals surface area contributed by atoms with Crippen LogP contribution in [0.3, 0.4) is 0 Å². The van der Waals surface area contributed by atoms with E-state index >= 15 is 0 Å². The second-order valence-corrected chi connectivity index (χ2v) is 5.95. The lowest BCUT2D eigenvalue weighted by molar-refractivity contribution is 0.432. The van der Waals surface area contributed by atoms with Crippen molar-refractivity contribution < 1.29 is 0 Å². The minimum atomic E-state index is 0.252. The van der Waals surface area contributed by atoms with Crippen molar-refractivity contribution >= 4 is 23.2 Å². The van der Waals surface area contributed by atoms with E-state index in [0.29, 0.717) is 0 Å². The van der Waals surface area contributed by atoms with Crippen LogP contribution >= 0.6 is 23.2 Å². The van der Waals surface area contributed by atoms with Gasteiger partial charge in [-0.25, -0.2) is 0 Å². The molecule has 0 heterocycles. The van der Waals surface area contributed by atoms with Gasteiger partial charge in [-0.05, 0) is 61.9 Å². The predicted octanol–water partition coefficient (Wildman–Crippen LogP) is 4.69. The number of rotatable bonds is 5. The molecule has 2 atom stereocenters. The number of hydrogen-bond acceptors (Lipinski definition) is 1. The van der Waals surface area contributed by atoms with E-state index in [2.05, 4.69) is 19.2 Å². The van der Waals surface area contributed by atoms with Gasteiger partial charge in [-0.2, -0.15) is 0 Å². The lowest BCUT2D eigenvalue weighted by Crippen LogP contribution is -2.25. The summed E-state index contributed by atoms with van der Waals surface area (Å²) in [4.78, 5) is 0. The third kappa shape index (κ3) is 3.61. The van der Waals surface area contributed by atoms with E-state index in [4.69, 9.17) is 23.2 Å². The summed E-state index contributed by atoms with van der Waals surface area (Å²) >= 11 is 12.2. The van der Waals surface area contributed by atoms with Gasteiger partial charge < -0.3 is 5.32 Å². The highest BCUT2D eigenvalue weighted by atomic mass is 35.5. The maximum Gasteiger partial charge on any atom is 0.0454 e. The molecule has 1 aliphatic rings. The van der Waals surface area contributed by atoms with Gasteiger partial charge in [0.2, 0.25) is 0 Å². The van der Waals surface area contributed by atoms with E-state index in [1.54, 1.807) is 0 Å². The molecule has 1 aromatic rings. The Hall–Kier alpha value is -0.240. The largest absolute Gasteiger partial charge is 0.310 e. The van der Waals surface area contributed by atoms with Crippen molar-refractivity contribution in [2.24, 2.45) is 11.8 Å². The van der Waals surface area contributed by atoms with Gasteiger partial charge >= 0.3 is 0 Å². The SMILES string of the molecule is CC(NCC(C)C1CC1)c1cc(Cl)ccc1Cl. The zero-order chi connectivity index (χ0) is 12.4. The molecule has 1 N–H and O–H groups in total. The Morgan fingerprint density at radius 3 is 2.65 bits per heavy atom. The molecule has 0 bridgehead atoms. The fourth-order valence-corrected chi connectivity index (χ4v) is 2.61. The van der Waals surface area contributed by atoms with Gasteiger partial charge in [0.05, 0.1) is 0 Å². The van der Waals surface area contributed by atoms with Gasteiger partial charge in [-0.15, -0.1) is 0 Å². The third-order valence-electron chi connectivity index (χ3n) is 3.60. The molecular weight excluding hydrogens is 253 g/mol. The quantitative estimate of drug-likeness (QED) is 0.819. The predicted molar refractivity (Wildman–Crippen MR) is 74.8 cm³/mol. The van der Waals surface area contributed by atoms with E-state index in [-0.39, 0.29) is 6.04 Å². The fourth-order valence-electron chi connectivity index (χ4n) is 2.15. The molecular formula is C14H19Cl2N. The molecule has 2 rings (SSSR count). The first-order valence-corrected chi connectivity index (χ1v) is 7.02. The van der Waals surface area contributed by atoms with Crippen molar-refractivity contribution in [3.8, 4) is 0 Å². The highest BCUT2D eigenvalue weighted by Gasteiger charge is 2.27. The molecule has 1 aromatic carbocycles. The van der Waals surface area contributed by atoms with Gasteiger partial charge in [0, 0.05) is 16.1 Å². The fraction of sp³-hybridized carbons (Fsp3) is 0.571. The molecule has 2 unspecified atom stereocenters. The van der Waals surface area contributed by atoms with Crippen molar-refractivity contribution in [1.82, 2.24) is 5.32 Å². The zero-order valence-corrected chi connectivity index (χ0v) is 11.9. The zero-order valence-electron chi connectivity index (χ0n) is 10.3. The summed E-state index contributed by atoms with van der Waals surface area (Å²) in [5.74, 6) is 1.69. The normalized spacial score (nSPS) is 19.1. The van der Waals surface area contributed by atoms with Crippen molar-refractivity contribution in [3.63, 3.8) is 0 Å². The Kier molecular flexibility index (Phi) is 4.35. The summed E-state index contributed by atoms with van der Waals surface area (Å²) in [6.45, 7) is 5.50. The highest BCUT2D eigenvalue weighted by molar-refractivity contribution is 6.33. The maximum atomic E-state index is 6.18. The van der Waals surface area contributed by atoms with Crippen molar-refractivity contribution in [3.05, 3.63) is 33.8 Å². The second-order valence-electron chi connectivity index (χ2n) is 5.11. The summed E-state index contributed by atoms with van der Waals surface area (Å²) in [5, 5.41) is 5.07. The molecule has 94 valence electrons. The lowest BCUT2D eigenvalue weighted by atomic mass is 10.0. The van der Waals surface area contributed by atoms with Gasteiger partial charge in [0.15, 0.2) is 0 Å². The van der Waals surface area contributed by atoms with Crippen LogP contribution in [0.2, 0.25) is 10.0 Å². The van der Waals surface area contributed by atoms with Crippen LogP contribution in [-0.4, -0.2) is 6.54 Å². The molecule has 0 amide bonds. The molecule has 1 saturated carbocycles. The van der Waals surface area contributed by atoms with E-state index in [1.165, 1.54) is 12.8 Å². The van der Waals surface area contributed by atoms with Gasteiger partial charge in [-0.1, -0.05) is 30.1 Å². The van der Waals surface area contributed by atoms with Crippen LogP contribution in [0.25, 0.3) is 0 Å². The highest BCUT2D eigenvalue weighted by Crippen LogP contribution is 2.36. The Morgan fingerprint density at radius 2 is 2.00 bits per heavy atom. The number of hydrogen-bond donors (Lipinski definition) is 1. The molecule has 1 fully saturated rings. The van der Waals surface area contributed by atoms with Crippen molar-refractivity contribution in [2.75, 3.05) is 6.54 Å². The van der Waals surface area contributed by atoms with Crippen LogP contribution in [0.4, 0.5) is 0 Å². The molecule has 1 nitrogen and oxygen atoms in total. The smallest absolute Gasteiger partial charge is 0.0454 e. The van der Waals surface area contributed by atoms with E-state index < -0.39 is 0 Å². The molecule has 0 radical (unpaired) electrons. The third-order valence-corrected chi connectivity index (χ3v) is 4.18. The summed E-state index contributed by atoms with van der Waals surface area (Å²) in [7, 11) is 0. The van der Waals surface area contributed by atoms with Crippen LogP contribution in [-0.2, 0) is 0 Å². The Labute approximate surface area is 114 Å². The van der Waals surface area contributed by atoms with Crippen LogP contribution < -0.4 is 5.32 Å². The standard InChI is InChI=1S/C14H19Cl2N/c1-9(11-3-4-11)8-17-10(2)13-7-12(15)5-6-14(13)16/h5-7,9-11,17H,3-4,8H2,1-2H3. The summed E-state index contributed by atoms with van der Waals surface area (Å²) in [5.41, 5.74) is 1.09. The topological polar surface area (TPSA) is 12.0 Å². The molecule has 0 aliphatic heterocycles. The Bertz CT molecular complexity index is 388. The number of nitrogens with one attached hydrogen (secondary N) is 1. The molecule has 0 aromatic heterocycles. The average molecular weight is 272 g/mol. The first-order valence-electron chi connectivity index (χ1n) is 6.26. The number of benzene rings is 1. The van der Waals surface area contributed by atoms with Crippen LogP contribution in [0, 0.1) is 11.8 Å². The summed E-state index contributed by atoms with van der Waals surface area (Å²) in [6.07, 6.45) is 2.80. The molecule has 0 saturated heterocycles. The lowest BCUT2D eigenvalue weighted by Gasteiger charge is -2.19. The number of halogens is 2. The monoisotopic (exact) mass is 271 g/mol. The molecule has 3 heteroatoms. The van der Waals surface area contributed by atoms with Crippen LogP contribution in [0.1, 0.15) is 38.3 Å². The average Bonchev–Trinajstić information content (AvgIpc) is 3.12. The molecule has 1 aliphatic carbocycles. The maximum absolute atomic E-state index is 6.18. The Morgan fingerprint density at radius 1 is 1.29 bits per heavy atom. The van der Waals surface area contributed by atoms with Gasteiger partial charge in [0.1, 0.15) is 0 Å². The van der Waals surface area contributed by atoms with Crippen molar-refractivity contribution in [1.29, 1.82) is 0 Å². The van der Waals surface area contributed by atoms with E-state index in [1.807, 2.05) is 18.2 Å². The van der Waals surface area contributed by atoms with Gasteiger partial charge in [-0.3, -0.25) is 0 Å². The first kappa shape index (κ1) is 13.2. The molecule has 17 heavy (non-hydrogen) atoms. The second kappa shape index (κ2) is 5.60. The van der Waals surface area contributed by atoms with Crippen LogP contribution in [0.15, 0.2) is 18.2 Å². The van der Waals surface area contributed by atoms with Crippen LogP contribution in [0.5, 0.6) is 0 Å². The van der Waals surface area contributed by atoms with Gasteiger partial charge in [0.25, 0.3) is 0 Å². The Balaban J connectivity index is 1.93. The van der Waals surface area contributed by atoms with E-state index in [9.17, 15) is 0 Å². The van der Waals surface area contributed by atoms with Crippen molar-refractivity contribution in [2.45, 2.75) is 32.7 Å². The molecule has 0 spiro atoms. The first-order chi connectivity index (χ1) is 8.08. The minimum Gasteiger partial charge on any atom is -0.310 e.